The zero-order chi connectivity index (χ0) is 29.0. The molecule has 12 nitrogen and oxygen atoms in total. The minimum absolute atomic E-state index is 0.215. The van der Waals surface area contributed by atoms with Crippen LogP contribution in [0.1, 0.15) is 44.6 Å². The van der Waals surface area contributed by atoms with Crippen LogP contribution >= 0.6 is 0 Å². The quantitative estimate of drug-likeness (QED) is 0.195. The van der Waals surface area contributed by atoms with Gasteiger partial charge in [-0.15, -0.1) is 0 Å². The van der Waals surface area contributed by atoms with Crippen LogP contribution in [0.4, 0.5) is 5.82 Å². The number of aromatic nitrogens is 4. The van der Waals surface area contributed by atoms with Gasteiger partial charge in [-0.05, 0) is 43.5 Å². The van der Waals surface area contributed by atoms with E-state index in [0.717, 1.165) is 82.7 Å². The van der Waals surface area contributed by atoms with Crippen molar-refractivity contribution in [1.29, 1.82) is 0 Å². The molecule has 0 atom stereocenters. The van der Waals surface area contributed by atoms with Crippen LogP contribution in [0.15, 0.2) is 29.1 Å². The van der Waals surface area contributed by atoms with E-state index in [1.165, 1.54) is 7.11 Å². The van der Waals surface area contributed by atoms with Gasteiger partial charge in [0.2, 0.25) is 0 Å². The van der Waals surface area contributed by atoms with Gasteiger partial charge in [0, 0.05) is 39.3 Å². The van der Waals surface area contributed by atoms with Crippen molar-refractivity contribution in [1.82, 2.24) is 29.3 Å². The number of ether oxygens (including phenoxy) is 3. The standard InChI is InChI=1S/C29H43N7O5/c1-3-4-18-41-28-32-26(30)25-27(33-28)36(29(38)31-25)12-7-5-6-11-34-13-15-35(16-14-34)17-19-40-23-10-8-9-22(20-23)21-24(37)39-2/h8-10,20H,3-7,11-19,21H2,1-2H3,(H,31,38)(H2,30,32,33). The lowest BCUT2D eigenvalue weighted by Crippen LogP contribution is -2.47. The van der Waals surface area contributed by atoms with Gasteiger partial charge in [0.15, 0.2) is 11.5 Å². The van der Waals surface area contributed by atoms with Crippen LogP contribution in [0.3, 0.4) is 0 Å². The number of aryl methyl sites for hydroxylation is 1. The molecular weight excluding hydrogens is 526 g/mol. The molecule has 4 rings (SSSR count). The third-order valence-corrected chi connectivity index (χ3v) is 7.33. The first-order valence-electron chi connectivity index (χ1n) is 14.6. The summed E-state index contributed by atoms with van der Waals surface area (Å²) in [4.78, 5) is 40.3. The Hall–Kier alpha value is -3.64. The number of rotatable bonds is 16. The Bertz CT molecular complexity index is 1320. The molecule has 41 heavy (non-hydrogen) atoms. The van der Waals surface area contributed by atoms with Crippen molar-refractivity contribution in [3.63, 3.8) is 0 Å². The first-order valence-corrected chi connectivity index (χ1v) is 14.6. The first-order chi connectivity index (χ1) is 20.0. The molecule has 0 aliphatic carbocycles. The molecule has 2 aromatic heterocycles. The molecule has 0 saturated carbocycles. The van der Waals surface area contributed by atoms with Crippen LogP contribution in [0.5, 0.6) is 11.8 Å². The molecule has 1 saturated heterocycles. The maximum absolute atomic E-state index is 12.5. The smallest absolute Gasteiger partial charge is 0.327 e. The number of nitrogens with zero attached hydrogens (tertiary/aromatic N) is 5. The number of carbonyl (C=O) groups is 1. The average Bonchev–Trinajstić information content (AvgIpc) is 3.29. The molecule has 0 amide bonds. The van der Waals surface area contributed by atoms with Crippen LogP contribution in [-0.2, 0) is 22.5 Å². The Balaban J connectivity index is 1.13. The monoisotopic (exact) mass is 569 g/mol. The van der Waals surface area contributed by atoms with Crippen molar-refractivity contribution >= 4 is 23.0 Å². The minimum Gasteiger partial charge on any atom is -0.492 e. The third kappa shape index (κ3) is 8.92. The Morgan fingerprint density at radius 2 is 1.73 bits per heavy atom. The summed E-state index contributed by atoms with van der Waals surface area (Å²) in [5, 5.41) is 0. The average molecular weight is 570 g/mol. The number of nitrogen functional groups attached to an aromatic ring is 1. The lowest BCUT2D eigenvalue weighted by Gasteiger charge is -2.34. The lowest BCUT2D eigenvalue weighted by atomic mass is 10.1. The Labute approximate surface area is 240 Å². The summed E-state index contributed by atoms with van der Waals surface area (Å²) in [7, 11) is 1.39. The van der Waals surface area contributed by atoms with E-state index in [0.29, 0.717) is 30.9 Å². The van der Waals surface area contributed by atoms with E-state index in [9.17, 15) is 9.59 Å². The zero-order valence-electron chi connectivity index (χ0n) is 24.3. The number of methoxy groups -OCH3 is 1. The number of fused-ring (bicyclic) bond motifs is 1. The van der Waals surface area contributed by atoms with Crippen molar-refractivity contribution in [2.75, 3.05) is 65.3 Å². The molecule has 3 heterocycles. The summed E-state index contributed by atoms with van der Waals surface area (Å²) >= 11 is 0. The summed E-state index contributed by atoms with van der Waals surface area (Å²) in [6.45, 7) is 9.80. The zero-order valence-corrected chi connectivity index (χ0v) is 24.3. The molecular formula is C29H43N7O5. The number of benzene rings is 1. The van der Waals surface area contributed by atoms with Crippen molar-refractivity contribution < 1.29 is 19.0 Å². The molecule has 0 radical (unpaired) electrons. The topological polar surface area (TPSA) is 141 Å². The number of unbranched alkanes of at least 4 members (excludes halogenated alkanes) is 3. The van der Waals surface area contributed by atoms with Crippen LogP contribution < -0.4 is 20.9 Å². The normalized spacial score (nSPS) is 14.4. The van der Waals surface area contributed by atoms with Gasteiger partial charge >= 0.3 is 17.7 Å². The van der Waals surface area contributed by atoms with E-state index in [4.69, 9.17) is 19.9 Å². The van der Waals surface area contributed by atoms with E-state index in [1.54, 1.807) is 4.57 Å². The van der Waals surface area contributed by atoms with Gasteiger partial charge in [-0.25, -0.2) is 4.79 Å². The molecule has 1 aliphatic rings. The highest BCUT2D eigenvalue weighted by atomic mass is 16.5. The van der Waals surface area contributed by atoms with Gasteiger partial charge in [0.25, 0.3) is 0 Å². The number of carbonyl (C=O) groups excluding carboxylic acids is 1. The molecule has 3 N–H and O–H groups in total. The van der Waals surface area contributed by atoms with Crippen LogP contribution in [-0.4, -0.2) is 94.9 Å². The number of hydrogen-bond donors (Lipinski definition) is 2. The summed E-state index contributed by atoms with van der Waals surface area (Å²) in [6.07, 6.45) is 5.12. The Morgan fingerprint density at radius 3 is 2.49 bits per heavy atom. The predicted molar refractivity (Wildman–Crippen MR) is 157 cm³/mol. The second kappa shape index (κ2) is 15.4. The number of nitrogens with two attached hydrogens (primary N) is 1. The molecule has 12 heteroatoms. The Kier molecular flexibility index (Phi) is 11.4. The number of imidazole rings is 1. The third-order valence-electron chi connectivity index (χ3n) is 7.33. The highest BCUT2D eigenvalue weighted by Gasteiger charge is 2.17. The fraction of sp³-hybridized carbons (Fsp3) is 0.586. The van der Waals surface area contributed by atoms with Crippen LogP contribution in [0.2, 0.25) is 0 Å². The van der Waals surface area contributed by atoms with E-state index >= 15 is 0 Å². The molecule has 1 aliphatic heterocycles. The van der Waals surface area contributed by atoms with Crippen molar-refractivity contribution in [3.05, 3.63) is 40.3 Å². The number of esters is 1. The number of H-pyrrole nitrogens is 1. The van der Waals surface area contributed by atoms with Gasteiger partial charge in [-0.3, -0.25) is 14.3 Å². The molecule has 1 aromatic carbocycles. The molecule has 0 unspecified atom stereocenters. The summed E-state index contributed by atoms with van der Waals surface area (Å²) < 4.78 is 17.9. The largest absolute Gasteiger partial charge is 0.492 e. The first kappa shape index (κ1) is 30.3. The van der Waals surface area contributed by atoms with E-state index in [1.807, 2.05) is 24.3 Å². The van der Waals surface area contributed by atoms with Crippen molar-refractivity contribution in [2.24, 2.45) is 0 Å². The fourth-order valence-corrected chi connectivity index (χ4v) is 4.91. The lowest BCUT2D eigenvalue weighted by molar-refractivity contribution is -0.139. The maximum atomic E-state index is 12.5. The maximum Gasteiger partial charge on any atom is 0.327 e. The van der Waals surface area contributed by atoms with Gasteiger partial charge < -0.3 is 29.8 Å². The van der Waals surface area contributed by atoms with Gasteiger partial charge in [-0.2, -0.15) is 9.97 Å². The second-order valence-electron chi connectivity index (χ2n) is 10.4. The number of hydrogen-bond acceptors (Lipinski definition) is 10. The van der Waals surface area contributed by atoms with Crippen molar-refractivity contribution in [3.8, 4) is 11.8 Å². The van der Waals surface area contributed by atoms with E-state index in [2.05, 4.69) is 31.7 Å². The number of piperazine rings is 1. The van der Waals surface area contributed by atoms with Gasteiger partial charge in [0.05, 0.1) is 20.1 Å². The fourth-order valence-electron chi connectivity index (χ4n) is 4.91. The Morgan fingerprint density at radius 1 is 0.976 bits per heavy atom. The molecule has 3 aromatic rings. The second-order valence-corrected chi connectivity index (χ2v) is 10.4. The summed E-state index contributed by atoms with van der Waals surface area (Å²) in [5.41, 5.74) is 7.68. The SMILES string of the molecule is CCCCOc1nc(N)c2[nH]c(=O)n(CCCCCN3CCN(CCOc4cccc(CC(=O)OC)c4)CC3)c2n1. The summed E-state index contributed by atoms with van der Waals surface area (Å²) in [6, 6.07) is 7.82. The number of nitrogens with one attached hydrogen (secondary N) is 1. The van der Waals surface area contributed by atoms with E-state index in [-0.39, 0.29) is 29.9 Å². The van der Waals surface area contributed by atoms with Gasteiger partial charge in [0.1, 0.15) is 17.9 Å². The van der Waals surface area contributed by atoms with Gasteiger partial charge in [-0.1, -0.05) is 31.9 Å². The molecule has 224 valence electrons. The van der Waals surface area contributed by atoms with Crippen LogP contribution in [0.25, 0.3) is 11.2 Å². The molecule has 0 bridgehead atoms. The number of aromatic amines is 1. The van der Waals surface area contributed by atoms with Crippen molar-refractivity contribution in [2.45, 2.75) is 52.0 Å². The highest BCUT2D eigenvalue weighted by molar-refractivity contribution is 5.81. The predicted octanol–water partition coefficient (Wildman–Crippen LogP) is 2.46. The molecule has 0 spiro atoms. The minimum atomic E-state index is -0.257. The van der Waals surface area contributed by atoms with E-state index < -0.39 is 0 Å². The number of anilines is 1. The molecule has 1 fully saturated rings. The van der Waals surface area contributed by atoms with Crippen LogP contribution in [0, 0.1) is 0 Å². The summed E-state index contributed by atoms with van der Waals surface area (Å²) in [5.74, 6) is 0.747. The highest BCUT2D eigenvalue weighted by Crippen LogP contribution is 2.19.